The van der Waals surface area contributed by atoms with Crippen LogP contribution in [0.1, 0.15) is 20.3 Å². The highest BCUT2D eigenvalue weighted by atomic mass is 32.2. The summed E-state index contributed by atoms with van der Waals surface area (Å²) in [7, 11) is -2.29. The monoisotopic (exact) mass is 304 g/mol. The van der Waals surface area contributed by atoms with E-state index in [0.717, 1.165) is 17.0 Å². The van der Waals surface area contributed by atoms with Crippen molar-refractivity contribution in [2.24, 2.45) is 0 Å². The standard InChI is InChI=1S/C12H21FN4O2S/c1-10(2)15-6-4-8-17(3)20(18,19)16-12-5-7-14-9-11(12)13/h5,7,9-10,15H,4,6,8H2,1-3H3,(H,14,16). The summed E-state index contributed by atoms with van der Waals surface area (Å²) in [5.41, 5.74) is -0.104. The molecule has 0 bridgehead atoms. The van der Waals surface area contributed by atoms with E-state index in [0.29, 0.717) is 19.0 Å². The highest BCUT2D eigenvalue weighted by Crippen LogP contribution is 2.14. The number of aromatic nitrogens is 1. The molecular weight excluding hydrogens is 283 g/mol. The molecule has 1 rings (SSSR count). The minimum absolute atomic E-state index is 0.104. The lowest BCUT2D eigenvalue weighted by atomic mass is 10.3. The van der Waals surface area contributed by atoms with E-state index in [-0.39, 0.29) is 5.69 Å². The molecule has 114 valence electrons. The van der Waals surface area contributed by atoms with Gasteiger partial charge in [-0.3, -0.25) is 9.71 Å². The van der Waals surface area contributed by atoms with Gasteiger partial charge in [-0.2, -0.15) is 12.7 Å². The number of pyridine rings is 1. The van der Waals surface area contributed by atoms with Gasteiger partial charge in [0.1, 0.15) is 0 Å². The Morgan fingerprint density at radius 2 is 2.15 bits per heavy atom. The molecule has 0 spiro atoms. The number of hydrogen-bond donors (Lipinski definition) is 2. The fourth-order valence-electron chi connectivity index (χ4n) is 1.49. The van der Waals surface area contributed by atoms with Gasteiger partial charge in [0.2, 0.25) is 0 Å². The Hall–Kier alpha value is -1.25. The first-order chi connectivity index (χ1) is 9.33. The zero-order chi connectivity index (χ0) is 15.2. The summed E-state index contributed by atoms with van der Waals surface area (Å²) in [6.07, 6.45) is 2.96. The topological polar surface area (TPSA) is 74.3 Å². The smallest absolute Gasteiger partial charge is 0.301 e. The Morgan fingerprint density at radius 3 is 2.75 bits per heavy atom. The molecule has 0 fully saturated rings. The Kier molecular flexibility index (Phi) is 6.31. The molecule has 2 N–H and O–H groups in total. The van der Waals surface area contributed by atoms with Gasteiger partial charge in [0.15, 0.2) is 5.82 Å². The molecule has 0 saturated heterocycles. The molecule has 0 aliphatic rings. The molecule has 1 aromatic rings. The fraction of sp³-hybridized carbons (Fsp3) is 0.583. The van der Waals surface area contributed by atoms with Crippen LogP contribution in [0.2, 0.25) is 0 Å². The molecular formula is C12H21FN4O2S. The molecule has 0 unspecified atom stereocenters. The van der Waals surface area contributed by atoms with E-state index in [2.05, 4.69) is 15.0 Å². The highest BCUT2D eigenvalue weighted by molar-refractivity contribution is 7.90. The number of hydrogen-bond acceptors (Lipinski definition) is 4. The van der Waals surface area contributed by atoms with Crippen molar-refractivity contribution in [3.63, 3.8) is 0 Å². The summed E-state index contributed by atoms with van der Waals surface area (Å²) >= 11 is 0. The van der Waals surface area contributed by atoms with Gasteiger partial charge in [-0.25, -0.2) is 4.39 Å². The number of rotatable bonds is 8. The van der Waals surface area contributed by atoms with Crippen LogP contribution in [0.15, 0.2) is 18.5 Å². The number of nitrogens with one attached hydrogen (secondary N) is 2. The Balaban J connectivity index is 2.53. The zero-order valence-electron chi connectivity index (χ0n) is 11.9. The van der Waals surface area contributed by atoms with Gasteiger partial charge in [-0.1, -0.05) is 13.8 Å². The van der Waals surface area contributed by atoms with Crippen molar-refractivity contribution < 1.29 is 12.8 Å². The van der Waals surface area contributed by atoms with Crippen LogP contribution in [0.25, 0.3) is 0 Å². The molecule has 0 atom stereocenters. The Labute approximate surface area is 119 Å². The molecule has 0 amide bonds. The third kappa shape index (κ3) is 5.40. The predicted molar refractivity (Wildman–Crippen MR) is 77.1 cm³/mol. The maximum absolute atomic E-state index is 13.4. The maximum atomic E-state index is 13.4. The summed E-state index contributed by atoms with van der Waals surface area (Å²) in [4.78, 5) is 3.57. The van der Waals surface area contributed by atoms with Gasteiger partial charge in [-0.15, -0.1) is 0 Å². The maximum Gasteiger partial charge on any atom is 0.301 e. The molecule has 0 saturated carbocycles. The molecule has 0 aromatic carbocycles. The average Bonchev–Trinajstić information content (AvgIpc) is 2.36. The lowest BCUT2D eigenvalue weighted by Gasteiger charge is -2.18. The van der Waals surface area contributed by atoms with Gasteiger partial charge in [0, 0.05) is 25.8 Å². The summed E-state index contributed by atoms with van der Waals surface area (Å²) < 4.78 is 40.7. The SMILES string of the molecule is CC(C)NCCCN(C)S(=O)(=O)Nc1ccncc1F. The normalized spacial score (nSPS) is 12.1. The second-order valence-corrected chi connectivity index (χ2v) is 6.52. The van der Waals surface area contributed by atoms with E-state index >= 15 is 0 Å². The van der Waals surface area contributed by atoms with Crippen LogP contribution in [0, 0.1) is 5.82 Å². The van der Waals surface area contributed by atoms with Crippen LogP contribution in [0.4, 0.5) is 10.1 Å². The highest BCUT2D eigenvalue weighted by Gasteiger charge is 2.18. The van der Waals surface area contributed by atoms with Crippen molar-refractivity contribution in [2.45, 2.75) is 26.3 Å². The van der Waals surface area contributed by atoms with Crippen molar-refractivity contribution >= 4 is 15.9 Å². The largest absolute Gasteiger partial charge is 0.314 e. The summed E-state index contributed by atoms with van der Waals surface area (Å²) in [6.45, 7) is 5.12. The second-order valence-electron chi connectivity index (χ2n) is 4.75. The van der Waals surface area contributed by atoms with E-state index in [1.165, 1.54) is 19.3 Å². The van der Waals surface area contributed by atoms with Crippen molar-refractivity contribution in [2.75, 3.05) is 24.9 Å². The Morgan fingerprint density at radius 1 is 1.45 bits per heavy atom. The van der Waals surface area contributed by atoms with Crippen molar-refractivity contribution in [3.05, 3.63) is 24.3 Å². The Bertz CT molecular complexity index is 522. The van der Waals surface area contributed by atoms with Gasteiger partial charge >= 0.3 is 10.2 Å². The molecule has 20 heavy (non-hydrogen) atoms. The van der Waals surface area contributed by atoms with Crippen molar-refractivity contribution in [3.8, 4) is 0 Å². The predicted octanol–water partition coefficient (Wildman–Crippen LogP) is 1.20. The molecule has 6 nitrogen and oxygen atoms in total. The molecule has 1 aromatic heterocycles. The molecule has 0 aliphatic heterocycles. The number of anilines is 1. The van der Waals surface area contributed by atoms with E-state index in [1.54, 1.807) is 0 Å². The zero-order valence-corrected chi connectivity index (χ0v) is 12.7. The minimum Gasteiger partial charge on any atom is -0.314 e. The minimum atomic E-state index is -3.75. The first-order valence-corrected chi connectivity index (χ1v) is 7.84. The number of halogens is 1. The van der Waals surface area contributed by atoms with Gasteiger partial charge in [0.05, 0.1) is 11.9 Å². The van der Waals surface area contributed by atoms with Crippen molar-refractivity contribution in [1.82, 2.24) is 14.6 Å². The van der Waals surface area contributed by atoms with Crippen LogP contribution in [0.3, 0.4) is 0 Å². The van der Waals surface area contributed by atoms with Crippen LogP contribution in [-0.2, 0) is 10.2 Å². The summed E-state index contributed by atoms with van der Waals surface area (Å²) in [5, 5.41) is 3.20. The molecule has 0 radical (unpaired) electrons. The van der Waals surface area contributed by atoms with E-state index in [4.69, 9.17) is 0 Å². The van der Waals surface area contributed by atoms with Crippen molar-refractivity contribution in [1.29, 1.82) is 0 Å². The first kappa shape index (κ1) is 16.8. The van der Waals surface area contributed by atoms with Gasteiger partial charge in [-0.05, 0) is 19.0 Å². The average molecular weight is 304 g/mol. The summed E-state index contributed by atoms with van der Waals surface area (Å²) in [5.74, 6) is -0.703. The first-order valence-electron chi connectivity index (χ1n) is 6.40. The van der Waals surface area contributed by atoms with E-state index in [9.17, 15) is 12.8 Å². The van der Waals surface area contributed by atoms with E-state index < -0.39 is 16.0 Å². The second kappa shape index (κ2) is 7.51. The summed E-state index contributed by atoms with van der Waals surface area (Å²) in [6, 6.07) is 1.64. The van der Waals surface area contributed by atoms with E-state index in [1.807, 2.05) is 13.8 Å². The van der Waals surface area contributed by atoms with Crippen LogP contribution in [-0.4, -0.2) is 43.9 Å². The molecule has 8 heteroatoms. The van der Waals surface area contributed by atoms with Crippen LogP contribution >= 0.6 is 0 Å². The van der Waals surface area contributed by atoms with Crippen LogP contribution < -0.4 is 10.0 Å². The number of nitrogens with zero attached hydrogens (tertiary/aromatic N) is 2. The molecule has 1 heterocycles. The third-order valence-corrected chi connectivity index (χ3v) is 4.11. The quantitative estimate of drug-likeness (QED) is 0.708. The molecule has 0 aliphatic carbocycles. The third-order valence-electron chi connectivity index (χ3n) is 2.62. The van der Waals surface area contributed by atoms with Gasteiger partial charge in [0.25, 0.3) is 0 Å². The lowest BCUT2D eigenvalue weighted by Crippen LogP contribution is -2.35. The van der Waals surface area contributed by atoms with Crippen LogP contribution in [0.5, 0.6) is 0 Å². The van der Waals surface area contributed by atoms with Gasteiger partial charge < -0.3 is 5.32 Å². The fourth-order valence-corrected chi connectivity index (χ4v) is 2.46. The lowest BCUT2D eigenvalue weighted by molar-refractivity contribution is 0.451.